The number of nitrogens with one attached hydrogen (secondary N) is 1. The highest BCUT2D eigenvalue weighted by Crippen LogP contribution is 2.06. The fourth-order valence-electron chi connectivity index (χ4n) is 1.96. The SMILES string of the molecule is CCCCN(C)C(=O)c1cc(C(=O)NCCC(C)C)ccn1. The van der Waals surface area contributed by atoms with Gasteiger partial charge in [0.15, 0.2) is 0 Å². The molecule has 0 atom stereocenters. The zero-order valence-electron chi connectivity index (χ0n) is 14.1. The van der Waals surface area contributed by atoms with Crippen molar-refractivity contribution in [2.75, 3.05) is 20.1 Å². The smallest absolute Gasteiger partial charge is 0.272 e. The molecule has 5 nitrogen and oxygen atoms in total. The van der Waals surface area contributed by atoms with E-state index in [1.807, 2.05) is 0 Å². The third-order valence-electron chi connectivity index (χ3n) is 3.44. The lowest BCUT2D eigenvalue weighted by molar-refractivity contribution is 0.0787. The predicted molar refractivity (Wildman–Crippen MR) is 87.9 cm³/mol. The minimum absolute atomic E-state index is 0.148. The number of carbonyl (C=O) groups is 2. The minimum Gasteiger partial charge on any atom is -0.352 e. The van der Waals surface area contributed by atoms with Crippen molar-refractivity contribution in [1.82, 2.24) is 15.2 Å². The zero-order valence-corrected chi connectivity index (χ0v) is 14.1. The molecule has 0 bridgehead atoms. The Kier molecular flexibility index (Phi) is 7.57. The molecule has 0 aliphatic heterocycles. The van der Waals surface area contributed by atoms with E-state index in [1.54, 1.807) is 24.1 Å². The summed E-state index contributed by atoms with van der Waals surface area (Å²) in [6.07, 6.45) is 4.43. The lowest BCUT2D eigenvalue weighted by Crippen LogP contribution is -2.29. The summed E-state index contributed by atoms with van der Waals surface area (Å²) < 4.78 is 0. The van der Waals surface area contributed by atoms with Gasteiger partial charge in [-0.05, 0) is 30.9 Å². The van der Waals surface area contributed by atoms with E-state index < -0.39 is 0 Å². The Morgan fingerprint density at radius 2 is 2.09 bits per heavy atom. The summed E-state index contributed by atoms with van der Waals surface area (Å²) in [4.78, 5) is 30.1. The maximum atomic E-state index is 12.3. The van der Waals surface area contributed by atoms with Gasteiger partial charge in [-0.1, -0.05) is 27.2 Å². The first-order chi connectivity index (χ1) is 10.5. The van der Waals surface area contributed by atoms with Crippen molar-refractivity contribution in [3.63, 3.8) is 0 Å². The highest BCUT2D eigenvalue weighted by Gasteiger charge is 2.15. The number of carbonyl (C=O) groups excluding carboxylic acids is 2. The molecule has 0 aromatic carbocycles. The van der Waals surface area contributed by atoms with Crippen LogP contribution in [0.1, 0.15) is 60.9 Å². The Balaban J connectivity index is 2.68. The average molecular weight is 305 g/mol. The molecule has 1 heterocycles. The van der Waals surface area contributed by atoms with Crippen LogP contribution in [0, 0.1) is 5.92 Å². The molecule has 0 saturated carbocycles. The normalized spacial score (nSPS) is 10.6. The molecule has 0 spiro atoms. The van der Waals surface area contributed by atoms with Crippen molar-refractivity contribution >= 4 is 11.8 Å². The van der Waals surface area contributed by atoms with Crippen molar-refractivity contribution < 1.29 is 9.59 Å². The van der Waals surface area contributed by atoms with Crippen LogP contribution in [0.25, 0.3) is 0 Å². The van der Waals surface area contributed by atoms with Gasteiger partial charge in [-0.2, -0.15) is 0 Å². The van der Waals surface area contributed by atoms with Crippen molar-refractivity contribution in [1.29, 1.82) is 0 Å². The third kappa shape index (κ3) is 5.84. The highest BCUT2D eigenvalue weighted by atomic mass is 16.2. The molecule has 5 heteroatoms. The molecule has 2 amide bonds. The van der Waals surface area contributed by atoms with Gasteiger partial charge in [0, 0.05) is 31.9 Å². The largest absolute Gasteiger partial charge is 0.352 e. The molecule has 1 aromatic heterocycles. The summed E-state index contributed by atoms with van der Waals surface area (Å²) in [6.45, 7) is 7.64. The summed E-state index contributed by atoms with van der Waals surface area (Å²) in [5.41, 5.74) is 0.793. The first kappa shape index (κ1) is 18.1. The molecule has 0 fully saturated rings. The first-order valence-electron chi connectivity index (χ1n) is 7.95. The Morgan fingerprint density at radius 1 is 1.36 bits per heavy atom. The van der Waals surface area contributed by atoms with Crippen LogP contribution in [0.4, 0.5) is 0 Å². The van der Waals surface area contributed by atoms with E-state index in [-0.39, 0.29) is 11.8 Å². The van der Waals surface area contributed by atoms with E-state index in [0.29, 0.717) is 30.3 Å². The van der Waals surface area contributed by atoms with Crippen LogP contribution in [0.5, 0.6) is 0 Å². The summed E-state index contributed by atoms with van der Waals surface area (Å²) in [5, 5.41) is 2.87. The van der Waals surface area contributed by atoms with Crippen LogP contribution in [0.15, 0.2) is 18.3 Å². The van der Waals surface area contributed by atoms with Crippen LogP contribution in [0.2, 0.25) is 0 Å². The summed E-state index contributed by atoms with van der Waals surface area (Å²) in [7, 11) is 1.76. The second kappa shape index (κ2) is 9.18. The number of rotatable bonds is 8. The second-order valence-corrected chi connectivity index (χ2v) is 5.95. The van der Waals surface area contributed by atoms with Gasteiger partial charge in [-0.25, -0.2) is 0 Å². The van der Waals surface area contributed by atoms with Gasteiger partial charge in [-0.3, -0.25) is 14.6 Å². The van der Waals surface area contributed by atoms with E-state index in [1.165, 1.54) is 6.20 Å². The van der Waals surface area contributed by atoms with Crippen LogP contribution >= 0.6 is 0 Å². The number of nitrogens with zero attached hydrogens (tertiary/aromatic N) is 2. The highest BCUT2D eigenvalue weighted by molar-refractivity contribution is 5.98. The standard InChI is InChI=1S/C17H27N3O2/c1-5-6-11-20(4)17(22)15-12-14(8-10-18-15)16(21)19-9-7-13(2)3/h8,10,12-13H,5-7,9,11H2,1-4H3,(H,19,21). The molecule has 0 aliphatic rings. The number of aromatic nitrogens is 1. The van der Waals surface area contributed by atoms with Gasteiger partial charge < -0.3 is 10.2 Å². The van der Waals surface area contributed by atoms with E-state index in [2.05, 4.69) is 31.1 Å². The quantitative estimate of drug-likeness (QED) is 0.803. The van der Waals surface area contributed by atoms with Crippen LogP contribution in [-0.2, 0) is 0 Å². The molecule has 0 aliphatic carbocycles. The van der Waals surface area contributed by atoms with E-state index >= 15 is 0 Å². The Morgan fingerprint density at radius 3 is 2.73 bits per heavy atom. The molecular formula is C17H27N3O2. The molecule has 1 N–H and O–H groups in total. The molecule has 0 unspecified atom stereocenters. The predicted octanol–water partition coefficient (Wildman–Crippen LogP) is 2.73. The molecule has 1 rings (SSSR count). The van der Waals surface area contributed by atoms with Gasteiger partial charge in [0.2, 0.25) is 0 Å². The van der Waals surface area contributed by atoms with Crippen molar-refractivity contribution in [2.45, 2.75) is 40.0 Å². The number of unbranched alkanes of at least 4 members (excludes halogenated alkanes) is 1. The molecule has 22 heavy (non-hydrogen) atoms. The fraction of sp³-hybridized carbons (Fsp3) is 0.588. The fourth-order valence-corrected chi connectivity index (χ4v) is 1.96. The molecule has 0 saturated heterocycles. The maximum Gasteiger partial charge on any atom is 0.272 e. The number of pyridine rings is 1. The molecular weight excluding hydrogens is 278 g/mol. The van der Waals surface area contributed by atoms with E-state index in [4.69, 9.17) is 0 Å². The van der Waals surface area contributed by atoms with E-state index in [0.717, 1.165) is 19.3 Å². The van der Waals surface area contributed by atoms with Crippen LogP contribution < -0.4 is 5.32 Å². The number of amides is 2. The van der Waals surface area contributed by atoms with Gasteiger partial charge in [-0.15, -0.1) is 0 Å². The first-order valence-corrected chi connectivity index (χ1v) is 7.95. The third-order valence-corrected chi connectivity index (χ3v) is 3.44. The van der Waals surface area contributed by atoms with Crippen LogP contribution in [0.3, 0.4) is 0 Å². The lowest BCUT2D eigenvalue weighted by Gasteiger charge is -2.16. The van der Waals surface area contributed by atoms with Gasteiger partial charge in [0.05, 0.1) is 0 Å². The van der Waals surface area contributed by atoms with Crippen molar-refractivity contribution in [3.05, 3.63) is 29.6 Å². The number of hydrogen-bond donors (Lipinski definition) is 1. The van der Waals surface area contributed by atoms with Gasteiger partial charge in [0.1, 0.15) is 5.69 Å². The Bertz CT molecular complexity index is 500. The summed E-state index contributed by atoms with van der Waals surface area (Å²) in [5.74, 6) is 0.237. The Hall–Kier alpha value is -1.91. The summed E-state index contributed by atoms with van der Waals surface area (Å²) >= 11 is 0. The average Bonchev–Trinajstić information content (AvgIpc) is 2.51. The second-order valence-electron chi connectivity index (χ2n) is 5.95. The molecule has 1 aromatic rings. The number of hydrogen-bond acceptors (Lipinski definition) is 3. The van der Waals surface area contributed by atoms with Crippen LogP contribution in [-0.4, -0.2) is 41.8 Å². The maximum absolute atomic E-state index is 12.3. The Labute approximate surface area is 133 Å². The monoisotopic (exact) mass is 305 g/mol. The molecule has 122 valence electrons. The van der Waals surface area contributed by atoms with Crippen molar-refractivity contribution in [2.24, 2.45) is 5.92 Å². The lowest BCUT2D eigenvalue weighted by atomic mass is 10.1. The molecule has 0 radical (unpaired) electrons. The topological polar surface area (TPSA) is 62.3 Å². The van der Waals surface area contributed by atoms with Gasteiger partial charge >= 0.3 is 0 Å². The minimum atomic E-state index is -0.159. The zero-order chi connectivity index (χ0) is 16.5. The summed E-state index contributed by atoms with van der Waals surface area (Å²) in [6, 6.07) is 3.20. The van der Waals surface area contributed by atoms with Crippen molar-refractivity contribution in [3.8, 4) is 0 Å². The van der Waals surface area contributed by atoms with E-state index in [9.17, 15) is 9.59 Å². The van der Waals surface area contributed by atoms with Gasteiger partial charge in [0.25, 0.3) is 11.8 Å².